The highest BCUT2D eigenvalue weighted by Crippen LogP contribution is 2.39. The summed E-state index contributed by atoms with van der Waals surface area (Å²) in [5.74, 6) is -0.718. The van der Waals surface area contributed by atoms with Crippen molar-refractivity contribution in [2.75, 3.05) is 7.05 Å². The molecular weight excluding hydrogens is 360 g/mol. The van der Waals surface area contributed by atoms with E-state index >= 15 is 0 Å². The van der Waals surface area contributed by atoms with Gasteiger partial charge in [0, 0.05) is 19.4 Å². The molecule has 0 amide bonds. The monoisotopic (exact) mass is 372 g/mol. The topological polar surface area (TPSA) is 80.8 Å². The summed E-state index contributed by atoms with van der Waals surface area (Å²) in [7, 11) is -3.22. The molecular formula is C15H12F4N4OS. The minimum Gasteiger partial charge on any atom is -0.262 e. The Hall–Kier alpha value is -2.51. The first-order valence-corrected chi connectivity index (χ1v) is 8.28. The van der Waals surface area contributed by atoms with Crippen molar-refractivity contribution in [3.8, 4) is 6.07 Å². The number of nitriles is 1. The van der Waals surface area contributed by atoms with Crippen LogP contribution in [0.2, 0.25) is 0 Å². The van der Waals surface area contributed by atoms with E-state index in [1.807, 2.05) is 0 Å². The molecule has 0 spiro atoms. The van der Waals surface area contributed by atoms with Crippen molar-refractivity contribution in [2.45, 2.75) is 17.1 Å². The molecule has 1 heterocycles. The van der Waals surface area contributed by atoms with Crippen LogP contribution in [0.5, 0.6) is 0 Å². The van der Waals surface area contributed by atoms with Crippen LogP contribution in [-0.2, 0) is 9.92 Å². The van der Waals surface area contributed by atoms with Crippen LogP contribution >= 0.6 is 0 Å². The minimum atomic E-state index is -4.86. The van der Waals surface area contributed by atoms with Crippen LogP contribution in [0.1, 0.15) is 17.2 Å². The Morgan fingerprint density at radius 2 is 1.88 bits per heavy atom. The van der Waals surface area contributed by atoms with Gasteiger partial charge in [-0.1, -0.05) is 12.1 Å². The van der Waals surface area contributed by atoms with Crippen LogP contribution < -0.4 is 0 Å². The lowest BCUT2D eigenvalue weighted by Gasteiger charge is -2.31. The van der Waals surface area contributed by atoms with Crippen LogP contribution in [0.3, 0.4) is 0 Å². The first-order valence-electron chi connectivity index (χ1n) is 6.76. The zero-order valence-electron chi connectivity index (χ0n) is 12.8. The Balaban J connectivity index is 2.53. The number of aromatic nitrogens is 1. The van der Waals surface area contributed by atoms with Crippen molar-refractivity contribution in [3.05, 3.63) is 59.7 Å². The van der Waals surface area contributed by atoms with Crippen LogP contribution in [0.15, 0.2) is 47.6 Å². The Morgan fingerprint density at radius 3 is 2.40 bits per heavy atom. The Kier molecular flexibility index (Phi) is 5.10. The molecule has 1 N–H and O–H groups in total. The molecule has 0 saturated carbocycles. The van der Waals surface area contributed by atoms with Crippen molar-refractivity contribution in [3.63, 3.8) is 0 Å². The summed E-state index contributed by atoms with van der Waals surface area (Å²) in [5.41, 5.74) is -0.392. The van der Waals surface area contributed by atoms with Crippen LogP contribution in [-0.4, -0.2) is 26.7 Å². The maximum absolute atomic E-state index is 13.5. The summed E-state index contributed by atoms with van der Waals surface area (Å²) < 4.78 is 74.7. The fourth-order valence-corrected chi connectivity index (χ4v) is 3.56. The molecule has 0 aliphatic rings. The van der Waals surface area contributed by atoms with Crippen molar-refractivity contribution >= 4 is 9.92 Å². The molecule has 1 aromatic heterocycles. The van der Waals surface area contributed by atoms with Crippen molar-refractivity contribution in [1.82, 2.24) is 9.29 Å². The predicted octanol–water partition coefficient (Wildman–Crippen LogP) is 3.65. The smallest absolute Gasteiger partial charge is 0.262 e. The van der Waals surface area contributed by atoms with E-state index < -0.39 is 28.0 Å². The maximum Gasteiger partial charge on any atom is 0.409 e. The quantitative estimate of drug-likeness (QED) is 0.832. The average Bonchev–Trinajstić information content (AvgIpc) is 2.55. The van der Waals surface area contributed by atoms with Gasteiger partial charge < -0.3 is 0 Å². The minimum absolute atomic E-state index is 0.0313. The molecule has 0 aliphatic heterocycles. The molecule has 132 valence electrons. The van der Waals surface area contributed by atoms with Gasteiger partial charge in [0.15, 0.2) is 0 Å². The van der Waals surface area contributed by atoms with E-state index in [9.17, 15) is 21.8 Å². The fraction of sp³-hybridized carbons (Fsp3) is 0.200. The molecule has 0 aliphatic carbocycles. The zero-order chi connectivity index (χ0) is 18.8. The Bertz CT molecular complexity index is 904. The highest BCUT2D eigenvalue weighted by Gasteiger charge is 2.46. The summed E-state index contributed by atoms with van der Waals surface area (Å²) in [5, 5.41) is 8.84. The number of nitrogens with one attached hydrogen (secondary N) is 1. The second-order valence-corrected chi connectivity index (χ2v) is 7.19. The second kappa shape index (κ2) is 6.78. The van der Waals surface area contributed by atoms with Gasteiger partial charge in [0.25, 0.3) is 0 Å². The molecule has 0 fully saturated rings. The largest absolute Gasteiger partial charge is 0.409 e. The third kappa shape index (κ3) is 3.94. The van der Waals surface area contributed by atoms with Gasteiger partial charge in [-0.05, 0) is 23.8 Å². The van der Waals surface area contributed by atoms with Gasteiger partial charge in [-0.3, -0.25) is 4.98 Å². The van der Waals surface area contributed by atoms with E-state index in [4.69, 9.17) is 10.0 Å². The summed E-state index contributed by atoms with van der Waals surface area (Å²) in [6.07, 6.45) is -2.75. The number of halogens is 4. The van der Waals surface area contributed by atoms with Crippen LogP contribution in [0.25, 0.3) is 0 Å². The standard InChI is InChI=1S/C15H12F4N4OS/c1-23(25(21,24)13-6-10(7-20)8-22-9-13)14(15(17,18)19)11-2-4-12(16)5-3-11/h2-6,8-9,14,21H,1H3/t14-,25?/m1/s1. The highest BCUT2D eigenvalue weighted by molar-refractivity contribution is 7.90. The average molecular weight is 372 g/mol. The third-order valence-corrected chi connectivity index (χ3v) is 5.31. The first-order chi connectivity index (χ1) is 11.6. The van der Waals surface area contributed by atoms with Gasteiger partial charge >= 0.3 is 6.18 Å². The molecule has 1 aromatic carbocycles. The number of alkyl halides is 3. The van der Waals surface area contributed by atoms with Gasteiger partial charge in [0.1, 0.15) is 27.8 Å². The van der Waals surface area contributed by atoms with Crippen LogP contribution in [0.4, 0.5) is 17.6 Å². The fourth-order valence-electron chi connectivity index (χ4n) is 2.20. The lowest BCUT2D eigenvalue weighted by Crippen LogP contribution is -2.39. The van der Waals surface area contributed by atoms with Crippen molar-refractivity contribution < 1.29 is 21.8 Å². The SMILES string of the molecule is CN([C@H](c1ccc(F)cc1)C(F)(F)F)S(=N)(=O)c1cncc(C#N)c1. The normalized spacial score (nSPS) is 15.4. The van der Waals surface area contributed by atoms with E-state index in [0.717, 1.165) is 49.8 Å². The molecule has 25 heavy (non-hydrogen) atoms. The molecule has 1 unspecified atom stereocenters. The van der Waals surface area contributed by atoms with E-state index in [-0.39, 0.29) is 16.0 Å². The molecule has 5 nitrogen and oxygen atoms in total. The number of rotatable bonds is 4. The van der Waals surface area contributed by atoms with Gasteiger partial charge in [-0.25, -0.2) is 17.7 Å². The third-order valence-electron chi connectivity index (χ3n) is 3.43. The molecule has 2 rings (SSSR count). The summed E-state index contributed by atoms with van der Waals surface area (Å²) in [6.45, 7) is 0. The maximum atomic E-state index is 13.5. The van der Waals surface area contributed by atoms with E-state index in [1.165, 1.54) is 0 Å². The summed E-state index contributed by atoms with van der Waals surface area (Å²) in [4.78, 5) is 3.30. The van der Waals surface area contributed by atoms with Gasteiger partial charge in [0.2, 0.25) is 0 Å². The molecule has 0 bridgehead atoms. The van der Waals surface area contributed by atoms with Gasteiger partial charge in [0.05, 0.1) is 10.5 Å². The Morgan fingerprint density at radius 1 is 1.28 bits per heavy atom. The van der Waals surface area contributed by atoms with Crippen molar-refractivity contribution in [2.24, 2.45) is 0 Å². The van der Waals surface area contributed by atoms with E-state index in [0.29, 0.717) is 4.31 Å². The molecule has 0 radical (unpaired) electrons. The number of hydrogen-bond acceptors (Lipinski definition) is 4. The number of pyridine rings is 1. The Labute approximate surface area is 141 Å². The predicted molar refractivity (Wildman–Crippen MR) is 81.0 cm³/mol. The molecule has 2 atom stereocenters. The molecule has 10 heteroatoms. The lowest BCUT2D eigenvalue weighted by molar-refractivity contribution is -0.170. The second-order valence-electron chi connectivity index (χ2n) is 5.09. The molecule has 2 aromatic rings. The van der Waals surface area contributed by atoms with E-state index in [2.05, 4.69) is 4.98 Å². The van der Waals surface area contributed by atoms with Gasteiger partial charge in [-0.2, -0.15) is 18.4 Å². The zero-order valence-corrected chi connectivity index (χ0v) is 13.6. The van der Waals surface area contributed by atoms with E-state index in [1.54, 1.807) is 6.07 Å². The lowest BCUT2D eigenvalue weighted by atomic mass is 10.1. The van der Waals surface area contributed by atoms with Gasteiger partial charge in [-0.15, -0.1) is 0 Å². The molecule has 0 saturated heterocycles. The first kappa shape index (κ1) is 18.8. The number of benzene rings is 1. The highest BCUT2D eigenvalue weighted by atomic mass is 32.2. The summed E-state index contributed by atoms with van der Waals surface area (Å²) in [6, 6.07) is 3.92. The van der Waals surface area contributed by atoms with Crippen LogP contribution in [0, 0.1) is 21.9 Å². The summed E-state index contributed by atoms with van der Waals surface area (Å²) >= 11 is 0. The number of nitrogens with zero attached hydrogens (tertiary/aromatic N) is 3. The van der Waals surface area contributed by atoms with Crippen molar-refractivity contribution in [1.29, 1.82) is 10.0 Å². The number of hydrogen-bond donors (Lipinski definition) is 1.